The van der Waals surface area contributed by atoms with Gasteiger partial charge in [-0.3, -0.25) is 4.90 Å². The molecule has 0 amide bonds. The van der Waals surface area contributed by atoms with Crippen LogP contribution in [0.15, 0.2) is 0 Å². The van der Waals surface area contributed by atoms with Crippen LogP contribution in [0.25, 0.3) is 0 Å². The lowest BCUT2D eigenvalue weighted by molar-refractivity contribution is 0.00696. The molecule has 0 radical (unpaired) electrons. The minimum Gasteiger partial charge on any atom is -0.380 e. The van der Waals surface area contributed by atoms with E-state index in [0.29, 0.717) is 13.2 Å². The van der Waals surface area contributed by atoms with Crippen LogP contribution >= 0.6 is 0 Å². The third kappa shape index (κ3) is 5.34. The molecular weight excluding hydrogens is 216 g/mol. The summed E-state index contributed by atoms with van der Waals surface area (Å²) in [6.45, 7) is 8.80. The molecule has 2 N–H and O–H groups in total. The van der Waals surface area contributed by atoms with E-state index in [0.717, 1.165) is 32.3 Å². The smallest absolute Gasteiger partial charge is 0.0659 e. The molecular formula is C13H28N2O2. The Labute approximate surface area is 105 Å². The Balaban J connectivity index is 2.18. The number of rotatable bonds is 10. The normalized spacial score (nSPS) is 19.6. The lowest BCUT2D eigenvalue weighted by Crippen LogP contribution is -2.54. The van der Waals surface area contributed by atoms with E-state index in [4.69, 9.17) is 15.2 Å². The minimum atomic E-state index is -0.0844. The highest BCUT2D eigenvalue weighted by Crippen LogP contribution is 2.28. The lowest BCUT2D eigenvalue weighted by atomic mass is 10.0. The SMILES string of the molecule is CCOCC(C)(CN)N(C)CCOCC1CC1. The Morgan fingerprint density at radius 2 is 2.06 bits per heavy atom. The molecule has 1 aliphatic carbocycles. The molecule has 17 heavy (non-hydrogen) atoms. The minimum absolute atomic E-state index is 0.0844. The fraction of sp³-hybridized carbons (Fsp3) is 1.00. The summed E-state index contributed by atoms with van der Waals surface area (Å²) in [7, 11) is 2.09. The van der Waals surface area contributed by atoms with Gasteiger partial charge in [0.2, 0.25) is 0 Å². The molecule has 1 rings (SSSR count). The highest BCUT2D eigenvalue weighted by atomic mass is 16.5. The summed E-state index contributed by atoms with van der Waals surface area (Å²) in [5, 5.41) is 0. The molecule has 0 aromatic rings. The van der Waals surface area contributed by atoms with Crippen LogP contribution in [0, 0.1) is 5.92 Å². The average Bonchev–Trinajstić information content (AvgIpc) is 3.15. The number of nitrogens with two attached hydrogens (primary N) is 1. The molecule has 1 unspecified atom stereocenters. The first-order valence-electron chi connectivity index (χ1n) is 6.69. The van der Waals surface area contributed by atoms with Crippen molar-refractivity contribution in [2.24, 2.45) is 11.7 Å². The van der Waals surface area contributed by atoms with Crippen molar-refractivity contribution in [2.75, 3.05) is 46.6 Å². The monoisotopic (exact) mass is 244 g/mol. The second-order valence-corrected chi connectivity index (χ2v) is 5.28. The number of ether oxygens (including phenoxy) is 2. The Morgan fingerprint density at radius 1 is 1.35 bits per heavy atom. The van der Waals surface area contributed by atoms with E-state index >= 15 is 0 Å². The van der Waals surface area contributed by atoms with Crippen molar-refractivity contribution >= 4 is 0 Å². The average molecular weight is 244 g/mol. The van der Waals surface area contributed by atoms with E-state index in [2.05, 4.69) is 18.9 Å². The molecule has 0 spiro atoms. The molecule has 102 valence electrons. The van der Waals surface area contributed by atoms with Crippen molar-refractivity contribution in [1.82, 2.24) is 4.90 Å². The highest BCUT2D eigenvalue weighted by Gasteiger charge is 2.28. The van der Waals surface area contributed by atoms with Crippen molar-refractivity contribution in [3.8, 4) is 0 Å². The number of hydrogen-bond donors (Lipinski definition) is 1. The standard InChI is InChI=1S/C13H28N2O2/c1-4-16-11-13(2,10-14)15(3)7-8-17-9-12-5-6-12/h12H,4-11,14H2,1-3H3. The molecule has 4 nitrogen and oxygen atoms in total. The van der Waals surface area contributed by atoms with Crippen molar-refractivity contribution in [3.63, 3.8) is 0 Å². The highest BCUT2D eigenvalue weighted by molar-refractivity contribution is 4.85. The van der Waals surface area contributed by atoms with Crippen LogP contribution in [-0.4, -0.2) is 57.0 Å². The maximum atomic E-state index is 5.85. The fourth-order valence-corrected chi connectivity index (χ4v) is 1.65. The van der Waals surface area contributed by atoms with Gasteiger partial charge in [-0.25, -0.2) is 0 Å². The van der Waals surface area contributed by atoms with E-state index in [9.17, 15) is 0 Å². The second kappa shape index (κ2) is 7.31. The van der Waals surface area contributed by atoms with Gasteiger partial charge in [-0.2, -0.15) is 0 Å². The van der Waals surface area contributed by atoms with Gasteiger partial charge in [0, 0.05) is 26.3 Å². The number of hydrogen-bond acceptors (Lipinski definition) is 4. The summed E-state index contributed by atoms with van der Waals surface area (Å²) in [5.74, 6) is 0.838. The largest absolute Gasteiger partial charge is 0.380 e. The van der Waals surface area contributed by atoms with E-state index in [1.54, 1.807) is 0 Å². The van der Waals surface area contributed by atoms with Crippen LogP contribution < -0.4 is 5.73 Å². The van der Waals surface area contributed by atoms with Crippen LogP contribution in [0.5, 0.6) is 0 Å². The molecule has 1 aliphatic rings. The first-order valence-corrected chi connectivity index (χ1v) is 6.69. The summed E-state index contributed by atoms with van der Waals surface area (Å²) in [4.78, 5) is 2.25. The maximum Gasteiger partial charge on any atom is 0.0659 e. The summed E-state index contributed by atoms with van der Waals surface area (Å²) in [6.07, 6.45) is 2.70. The fourth-order valence-electron chi connectivity index (χ4n) is 1.65. The molecule has 0 aromatic heterocycles. The molecule has 0 saturated heterocycles. The van der Waals surface area contributed by atoms with Crippen LogP contribution in [0.2, 0.25) is 0 Å². The van der Waals surface area contributed by atoms with Gasteiger partial charge in [0.05, 0.1) is 18.8 Å². The topological polar surface area (TPSA) is 47.7 Å². The number of nitrogens with zero attached hydrogens (tertiary/aromatic N) is 1. The first kappa shape index (κ1) is 14.9. The third-order valence-electron chi connectivity index (χ3n) is 3.60. The van der Waals surface area contributed by atoms with E-state index < -0.39 is 0 Å². The maximum absolute atomic E-state index is 5.85. The van der Waals surface area contributed by atoms with Gasteiger partial charge in [0.15, 0.2) is 0 Å². The molecule has 4 heteroatoms. The zero-order chi connectivity index (χ0) is 12.7. The van der Waals surface area contributed by atoms with Gasteiger partial charge in [-0.05, 0) is 39.7 Å². The molecule has 1 fully saturated rings. The molecule has 1 atom stereocenters. The molecule has 1 saturated carbocycles. The van der Waals surface area contributed by atoms with Crippen LogP contribution in [0.1, 0.15) is 26.7 Å². The lowest BCUT2D eigenvalue weighted by Gasteiger charge is -2.37. The van der Waals surface area contributed by atoms with Gasteiger partial charge in [0.1, 0.15) is 0 Å². The van der Waals surface area contributed by atoms with Crippen molar-refractivity contribution in [1.29, 1.82) is 0 Å². The quantitative estimate of drug-likeness (QED) is 0.585. The first-order chi connectivity index (χ1) is 8.12. The van der Waals surface area contributed by atoms with Crippen LogP contribution in [0.4, 0.5) is 0 Å². The van der Waals surface area contributed by atoms with Crippen LogP contribution in [0.3, 0.4) is 0 Å². The number of likely N-dealkylation sites (N-methyl/N-ethyl adjacent to an activating group) is 1. The molecule has 0 aromatic carbocycles. The molecule has 0 aliphatic heterocycles. The Hall–Kier alpha value is -0.160. The Bertz CT molecular complexity index is 210. The second-order valence-electron chi connectivity index (χ2n) is 5.28. The molecule has 0 bridgehead atoms. The van der Waals surface area contributed by atoms with E-state index in [1.807, 2.05) is 6.92 Å². The van der Waals surface area contributed by atoms with Crippen LogP contribution in [-0.2, 0) is 9.47 Å². The van der Waals surface area contributed by atoms with Crippen molar-refractivity contribution < 1.29 is 9.47 Å². The Kier molecular flexibility index (Phi) is 6.41. The zero-order valence-electron chi connectivity index (χ0n) is 11.6. The summed E-state index contributed by atoms with van der Waals surface area (Å²) >= 11 is 0. The zero-order valence-corrected chi connectivity index (χ0v) is 11.6. The summed E-state index contributed by atoms with van der Waals surface area (Å²) < 4.78 is 11.2. The van der Waals surface area contributed by atoms with Gasteiger partial charge in [-0.15, -0.1) is 0 Å². The van der Waals surface area contributed by atoms with E-state index in [1.165, 1.54) is 12.8 Å². The van der Waals surface area contributed by atoms with Gasteiger partial charge < -0.3 is 15.2 Å². The summed E-state index contributed by atoms with van der Waals surface area (Å²) in [5.41, 5.74) is 5.76. The van der Waals surface area contributed by atoms with Crippen molar-refractivity contribution in [3.05, 3.63) is 0 Å². The van der Waals surface area contributed by atoms with Gasteiger partial charge in [0.25, 0.3) is 0 Å². The van der Waals surface area contributed by atoms with Gasteiger partial charge >= 0.3 is 0 Å². The van der Waals surface area contributed by atoms with Crippen molar-refractivity contribution in [2.45, 2.75) is 32.2 Å². The third-order valence-corrected chi connectivity index (χ3v) is 3.60. The molecule has 0 heterocycles. The van der Waals surface area contributed by atoms with E-state index in [-0.39, 0.29) is 5.54 Å². The summed E-state index contributed by atoms with van der Waals surface area (Å²) in [6, 6.07) is 0. The predicted molar refractivity (Wildman–Crippen MR) is 70.1 cm³/mol. The predicted octanol–water partition coefficient (Wildman–Crippen LogP) is 1.10. The van der Waals surface area contributed by atoms with Gasteiger partial charge in [-0.1, -0.05) is 0 Å². The Morgan fingerprint density at radius 3 is 2.59 bits per heavy atom.